The Morgan fingerprint density at radius 2 is 1.47 bits per heavy atom. The highest BCUT2D eigenvalue weighted by molar-refractivity contribution is 5.91. The second-order valence-electron chi connectivity index (χ2n) is 2.75. The summed E-state index contributed by atoms with van der Waals surface area (Å²) in [6, 6.07) is 0. The van der Waals surface area contributed by atoms with E-state index in [0.29, 0.717) is 0 Å². The van der Waals surface area contributed by atoms with Crippen molar-refractivity contribution in [1.82, 2.24) is 0 Å². The first kappa shape index (κ1) is 11.5. The van der Waals surface area contributed by atoms with Gasteiger partial charge in [-0.25, -0.2) is 22.4 Å². The highest BCUT2D eigenvalue weighted by Gasteiger charge is 2.27. The summed E-state index contributed by atoms with van der Waals surface area (Å²) in [6.07, 6.45) is 0. The highest BCUT2D eigenvalue weighted by atomic mass is 19.2. The third-order valence-electron chi connectivity index (χ3n) is 1.89. The Balaban J connectivity index is 3.60. The fourth-order valence-electron chi connectivity index (χ4n) is 1.09. The highest BCUT2D eigenvalue weighted by Crippen LogP contribution is 2.23. The molecule has 0 N–H and O–H groups in total. The van der Waals surface area contributed by atoms with Crippen molar-refractivity contribution in [2.24, 2.45) is 0 Å². The van der Waals surface area contributed by atoms with Gasteiger partial charge in [0, 0.05) is 5.56 Å². The average molecular weight is 222 g/mol. The Morgan fingerprint density at radius 3 is 1.93 bits per heavy atom. The van der Waals surface area contributed by atoms with Crippen molar-refractivity contribution < 1.29 is 27.1 Å². The lowest BCUT2D eigenvalue weighted by Crippen LogP contribution is -2.12. The second kappa shape index (κ2) is 3.88. The minimum atomic E-state index is -2.03. The molecule has 1 aromatic carbocycles. The smallest absolute Gasteiger partial charge is 0.341 e. The molecule has 2 nitrogen and oxygen atoms in total. The Bertz CT molecular complexity index is 400. The van der Waals surface area contributed by atoms with Crippen LogP contribution in [0.3, 0.4) is 0 Å². The van der Waals surface area contributed by atoms with Gasteiger partial charge < -0.3 is 4.74 Å². The molecule has 0 atom stereocenters. The Labute approximate surface area is 82.5 Å². The lowest BCUT2D eigenvalue weighted by atomic mass is 10.1. The number of methoxy groups -OCH3 is 1. The van der Waals surface area contributed by atoms with Gasteiger partial charge in [-0.2, -0.15) is 0 Å². The van der Waals surface area contributed by atoms with Crippen LogP contribution in [0.5, 0.6) is 0 Å². The number of carbonyl (C=O) groups is 1. The molecule has 15 heavy (non-hydrogen) atoms. The van der Waals surface area contributed by atoms with E-state index in [1.807, 2.05) is 0 Å². The van der Waals surface area contributed by atoms with Crippen molar-refractivity contribution >= 4 is 5.97 Å². The molecule has 0 bridgehead atoms. The van der Waals surface area contributed by atoms with Gasteiger partial charge in [-0.15, -0.1) is 0 Å². The zero-order chi connectivity index (χ0) is 11.7. The summed E-state index contributed by atoms with van der Waals surface area (Å²) in [4.78, 5) is 11.0. The van der Waals surface area contributed by atoms with E-state index in [2.05, 4.69) is 4.74 Å². The van der Waals surface area contributed by atoms with Crippen molar-refractivity contribution in [1.29, 1.82) is 0 Å². The Kier molecular flexibility index (Phi) is 2.97. The summed E-state index contributed by atoms with van der Waals surface area (Å²) in [7, 11) is 0.917. The Hall–Kier alpha value is -1.59. The van der Waals surface area contributed by atoms with E-state index in [1.165, 1.54) is 0 Å². The number of carbonyl (C=O) groups excluding carboxylic acids is 1. The topological polar surface area (TPSA) is 26.3 Å². The van der Waals surface area contributed by atoms with Gasteiger partial charge in [-0.1, -0.05) is 0 Å². The van der Waals surface area contributed by atoms with Crippen molar-refractivity contribution in [2.75, 3.05) is 7.11 Å². The molecule has 0 unspecified atom stereocenters. The number of rotatable bonds is 1. The molecule has 0 aromatic heterocycles. The zero-order valence-corrected chi connectivity index (χ0v) is 7.83. The van der Waals surface area contributed by atoms with E-state index in [-0.39, 0.29) is 0 Å². The SMILES string of the molecule is COC(=O)c1c(C)c(F)c(F)c(F)c1F. The maximum atomic E-state index is 13.1. The summed E-state index contributed by atoms with van der Waals surface area (Å²) >= 11 is 0. The van der Waals surface area contributed by atoms with Crippen LogP contribution in [0.15, 0.2) is 0 Å². The predicted octanol–water partition coefficient (Wildman–Crippen LogP) is 2.34. The van der Waals surface area contributed by atoms with Crippen LogP contribution in [0.4, 0.5) is 17.6 Å². The quantitative estimate of drug-likeness (QED) is 0.315. The van der Waals surface area contributed by atoms with Crippen LogP contribution in [0.1, 0.15) is 15.9 Å². The van der Waals surface area contributed by atoms with Gasteiger partial charge in [0.05, 0.1) is 7.11 Å². The molecule has 0 saturated carbocycles. The first-order valence-electron chi connectivity index (χ1n) is 3.82. The summed E-state index contributed by atoms with van der Waals surface area (Å²) in [5.41, 5.74) is -1.56. The largest absolute Gasteiger partial charge is 0.465 e. The molecule has 1 aromatic rings. The molecule has 1 rings (SSSR count). The molecule has 0 aliphatic carbocycles. The molecular formula is C9H6F4O2. The fraction of sp³-hybridized carbons (Fsp3) is 0.222. The minimum absolute atomic E-state index is 0.627. The lowest BCUT2D eigenvalue weighted by molar-refractivity contribution is 0.0592. The van der Waals surface area contributed by atoms with E-state index in [4.69, 9.17) is 0 Å². The third-order valence-corrected chi connectivity index (χ3v) is 1.89. The van der Waals surface area contributed by atoms with Crippen molar-refractivity contribution in [3.63, 3.8) is 0 Å². The van der Waals surface area contributed by atoms with E-state index in [1.54, 1.807) is 0 Å². The predicted molar refractivity (Wildman–Crippen MR) is 42.4 cm³/mol. The second-order valence-corrected chi connectivity index (χ2v) is 2.75. The molecule has 0 radical (unpaired) electrons. The number of halogens is 4. The normalized spacial score (nSPS) is 10.3. The molecule has 0 amide bonds. The van der Waals surface area contributed by atoms with Crippen LogP contribution < -0.4 is 0 Å². The van der Waals surface area contributed by atoms with E-state index >= 15 is 0 Å². The molecule has 0 saturated heterocycles. The number of esters is 1. The van der Waals surface area contributed by atoms with Gasteiger partial charge in [0.15, 0.2) is 23.3 Å². The monoisotopic (exact) mass is 222 g/mol. The third kappa shape index (κ3) is 1.67. The van der Waals surface area contributed by atoms with Gasteiger partial charge in [0.25, 0.3) is 0 Å². The van der Waals surface area contributed by atoms with Crippen molar-refractivity contribution in [3.8, 4) is 0 Å². The van der Waals surface area contributed by atoms with Crippen LogP contribution in [0.2, 0.25) is 0 Å². The summed E-state index contributed by atoms with van der Waals surface area (Å²) < 4.78 is 55.5. The number of ether oxygens (including phenoxy) is 1. The standard InChI is InChI=1S/C9H6F4O2/c1-3-4(9(14)15-2)6(11)8(13)7(12)5(3)10/h1-2H3. The molecule has 0 heterocycles. The van der Waals surface area contributed by atoms with Crippen molar-refractivity contribution in [2.45, 2.75) is 6.92 Å². The molecule has 0 spiro atoms. The van der Waals surface area contributed by atoms with Crippen LogP contribution in [0, 0.1) is 30.2 Å². The average Bonchev–Trinajstić information content (AvgIpc) is 2.23. The number of hydrogen-bond donors (Lipinski definition) is 0. The summed E-state index contributed by atoms with van der Waals surface area (Å²) in [6.45, 7) is 0.952. The van der Waals surface area contributed by atoms with Gasteiger partial charge >= 0.3 is 5.97 Å². The minimum Gasteiger partial charge on any atom is -0.465 e. The van der Waals surface area contributed by atoms with Crippen LogP contribution in [-0.4, -0.2) is 13.1 Å². The Morgan fingerprint density at radius 1 is 1.00 bits per heavy atom. The molecule has 6 heteroatoms. The van der Waals surface area contributed by atoms with Gasteiger partial charge in [-0.05, 0) is 6.92 Å². The maximum absolute atomic E-state index is 13.1. The summed E-state index contributed by atoms with van der Waals surface area (Å²) in [5, 5.41) is 0. The molecular weight excluding hydrogens is 216 g/mol. The first-order valence-corrected chi connectivity index (χ1v) is 3.82. The van der Waals surface area contributed by atoms with Crippen LogP contribution in [-0.2, 0) is 4.74 Å². The van der Waals surface area contributed by atoms with Gasteiger partial charge in [-0.3, -0.25) is 0 Å². The first-order chi connectivity index (χ1) is 6.91. The number of hydrogen-bond acceptors (Lipinski definition) is 2. The van der Waals surface area contributed by atoms with E-state index in [9.17, 15) is 22.4 Å². The van der Waals surface area contributed by atoms with E-state index < -0.39 is 40.4 Å². The van der Waals surface area contributed by atoms with Crippen LogP contribution in [0.25, 0.3) is 0 Å². The fourth-order valence-corrected chi connectivity index (χ4v) is 1.09. The molecule has 0 aliphatic heterocycles. The van der Waals surface area contributed by atoms with Gasteiger partial charge in [0.1, 0.15) is 5.56 Å². The molecule has 0 aliphatic rings. The zero-order valence-electron chi connectivity index (χ0n) is 7.83. The summed E-state index contributed by atoms with van der Waals surface area (Å²) in [5.74, 6) is -8.59. The van der Waals surface area contributed by atoms with Crippen molar-refractivity contribution in [3.05, 3.63) is 34.4 Å². The number of benzene rings is 1. The molecule has 82 valence electrons. The van der Waals surface area contributed by atoms with Gasteiger partial charge in [0.2, 0.25) is 0 Å². The maximum Gasteiger partial charge on any atom is 0.341 e. The van der Waals surface area contributed by atoms with E-state index in [0.717, 1.165) is 14.0 Å². The van der Waals surface area contributed by atoms with Crippen LogP contribution >= 0.6 is 0 Å². The lowest BCUT2D eigenvalue weighted by Gasteiger charge is -2.07. The molecule has 0 fully saturated rings.